The van der Waals surface area contributed by atoms with Crippen LogP contribution in [0.15, 0.2) is 0 Å². The Kier molecular flexibility index (Phi) is 3.65. The molecule has 1 fully saturated rings. The molecule has 0 aromatic carbocycles. The number of carbonyl (C=O) groups is 1. The zero-order chi connectivity index (χ0) is 11.7. The van der Waals surface area contributed by atoms with Crippen molar-refractivity contribution in [1.82, 2.24) is 5.32 Å². The van der Waals surface area contributed by atoms with E-state index in [-0.39, 0.29) is 19.4 Å². The molecule has 0 saturated heterocycles. The lowest BCUT2D eigenvalue weighted by atomic mass is 10.2. The number of hydrogen-bond acceptors (Lipinski definition) is 3. The maximum absolute atomic E-state index is 12.4. The molecule has 0 aromatic rings. The van der Waals surface area contributed by atoms with E-state index >= 15 is 0 Å². The Bertz CT molecular complexity index is 253. The van der Waals surface area contributed by atoms with Crippen LogP contribution in [0.25, 0.3) is 0 Å². The summed E-state index contributed by atoms with van der Waals surface area (Å²) in [5.41, 5.74) is -1.78. The van der Waals surface area contributed by atoms with Crippen molar-refractivity contribution in [2.24, 2.45) is 0 Å². The SMILES string of the molecule is COC(=O)C(Br)CNC1(C(F)(F)F)CC1. The number of ether oxygens (including phenoxy) is 1. The minimum atomic E-state index is -4.25. The summed E-state index contributed by atoms with van der Waals surface area (Å²) in [6.45, 7) is -0.0911. The molecule has 0 bridgehead atoms. The third-order valence-corrected chi connectivity index (χ3v) is 3.07. The number of halogens is 4. The first kappa shape index (κ1) is 12.8. The van der Waals surface area contributed by atoms with Gasteiger partial charge in [-0.05, 0) is 12.8 Å². The summed E-state index contributed by atoms with van der Waals surface area (Å²) in [5.74, 6) is -0.583. The second-order valence-corrected chi connectivity index (χ2v) is 4.56. The van der Waals surface area contributed by atoms with Gasteiger partial charge in [0.25, 0.3) is 0 Å². The number of alkyl halides is 4. The minimum absolute atomic E-state index is 0.0669. The predicted molar refractivity (Wildman–Crippen MR) is 50.8 cm³/mol. The van der Waals surface area contributed by atoms with Crippen LogP contribution in [-0.2, 0) is 9.53 Å². The molecule has 0 aliphatic heterocycles. The number of esters is 1. The van der Waals surface area contributed by atoms with Crippen LogP contribution in [0.1, 0.15) is 12.8 Å². The molecule has 0 amide bonds. The summed E-state index contributed by atoms with van der Waals surface area (Å²) in [7, 11) is 1.19. The molecule has 1 saturated carbocycles. The molecule has 88 valence electrons. The largest absolute Gasteiger partial charge is 0.468 e. The lowest BCUT2D eigenvalue weighted by Crippen LogP contribution is -2.48. The molecule has 0 spiro atoms. The Hall–Kier alpha value is -0.300. The zero-order valence-electron chi connectivity index (χ0n) is 8.03. The van der Waals surface area contributed by atoms with Crippen LogP contribution >= 0.6 is 15.9 Å². The summed E-state index contributed by atoms with van der Waals surface area (Å²) in [6.07, 6.45) is -4.12. The van der Waals surface area contributed by atoms with Crippen molar-refractivity contribution >= 4 is 21.9 Å². The van der Waals surface area contributed by atoms with E-state index in [4.69, 9.17) is 0 Å². The van der Waals surface area contributed by atoms with Crippen LogP contribution in [0.4, 0.5) is 13.2 Å². The monoisotopic (exact) mass is 289 g/mol. The number of hydrogen-bond donors (Lipinski definition) is 1. The number of rotatable bonds is 4. The summed E-state index contributed by atoms with van der Waals surface area (Å²) < 4.78 is 41.7. The van der Waals surface area contributed by atoms with Crippen LogP contribution in [0.5, 0.6) is 0 Å². The number of nitrogens with one attached hydrogen (secondary N) is 1. The van der Waals surface area contributed by atoms with Crippen molar-refractivity contribution in [1.29, 1.82) is 0 Å². The van der Waals surface area contributed by atoms with E-state index in [1.165, 1.54) is 7.11 Å². The summed E-state index contributed by atoms with van der Waals surface area (Å²) in [6, 6.07) is 0. The Balaban J connectivity index is 2.41. The van der Waals surface area contributed by atoms with E-state index in [0.717, 1.165) is 0 Å². The van der Waals surface area contributed by atoms with Crippen molar-refractivity contribution in [3.63, 3.8) is 0 Å². The molecule has 0 heterocycles. The standard InChI is InChI=1S/C8H11BrF3NO2/c1-15-6(14)5(9)4-13-7(2-3-7)8(10,11)12/h5,13H,2-4H2,1H3. The molecule has 0 radical (unpaired) electrons. The number of methoxy groups -OCH3 is 1. The van der Waals surface area contributed by atoms with Gasteiger partial charge in [-0.1, -0.05) is 15.9 Å². The van der Waals surface area contributed by atoms with Crippen LogP contribution in [0.2, 0.25) is 0 Å². The minimum Gasteiger partial charge on any atom is -0.468 e. The zero-order valence-corrected chi connectivity index (χ0v) is 9.61. The molecule has 1 aliphatic carbocycles. The Morgan fingerprint density at radius 2 is 2.13 bits per heavy atom. The summed E-state index contributed by atoms with van der Waals surface area (Å²) in [5, 5.41) is 2.35. The molecule has 1 N–H and O–H groups in total. The fourth-order valence-electron chi connectivity index (χ4n) is 1.18. The van der Waals surface area contributed by atoms with Gasteiger partial charge < -0.3 is 10.1 Å². The van der Waals surface area contributed by atoms with Gasteiger partial charge in [0.2, 0.25) is 0 Å². The first-order valence-electron chi connectivity index (χ1n) is 4.36. The van der Waals surface area contributed by atoms with Crippen molar-refractivity contribution < 1.29 is 22.7 Å². The average molecular weight is 290 g/mol. The first-order valence-corrected chi connectivity index (χ1v) is 5.27. The average Bonchev–Trinajstić information content (AvgIpc) is 2.92. The maximum atomic E-state index is 12.4. The van der Waals surface area contributed by atoms with Crippen molar-refractivity contribution in [3.8, 4) is 0 Å². The van der Waals surface area contributed by atoms with E-state index in [9.17, 15) is 18.0 Å². The highest BCUT2D eigenvalue weighted by Crippen LogP contribution is 2.48. The second-order valence-electron chi connectivity index (χ2n) is 3.45. The summed E-state index contributed by atoms with van der Waals surface area (Å²) >= 11 is 2.95. The smallest absolute Gasteiger partial charge is 0.406 e. The lowest BCUT2D eigenvalue weighted by molar-refractivity contribution is -0.166. The normalized spacial score (nSPS) is 20.9. The van der Waals surface area contributed by atoms with E-state index in [2.05, 4.69) is 26.0 Å². The highest BCUT2D eigenvalue weighted by atomic mass is 79.9. The highest BCUT2D eigenvalue weighted by molar-refractivity contribution is 9.10. The molecule has 1 atom stereocenters. The third-order valence-electron chi connectivity index (χ3n) is 2.37. The second kappa shape index (κ2) is 4.29. The fraction of sp³-hybridized carbons (Fsp3) is 0.875. The first-order chi connectivity index (χ1) is 6.82. The Labute approximate surface area is 93.5 Å². The summed E-state index contributed by atoms with van der Waals surface area (Å²) in [4.78, 5) is 10.2. The molecule has 0 aromatic heterocycles. The van der Waals surface area contributed by atoms with Gasteiger partial charge in [-0.15, -0.1) is 0 Å². The third kappa shape index (κ3) is 2.84. The van der Waals surface area contributed by atoms with Gasteiger partial charge in [0.15, 0.2) is 0 Å². The maximum Gasteiger partial charge on any atom is 0.406 e. The van der Waals surface area contributed by atoms with Gasteiger partial charge in [0.05, 0.1) is 7.11 Å². The molecule has 1 aliphatic rings. The van der Waals surface area contributed by atoms with Crippen LogP contribution in [-0.4, -0.2) is 36.2 Å². The molecule has 7 heteroatoms. The van der Waals surface area contributed by atoms with E-state index in [1.54, 1.807) is 0 Å². The van der Waals surface area contributed by atoms with Crippen molar-refractivity contribution in [2.75, 3.05) is 13.7 Å². The molecular formula is C8H11BrF3NO2. The van der Waals surface area contributed by atoms with Crippen LogP contribution in [0.3, 0.4) is 0 Å². The predicted octanol–water partition coefficient (Wildman–Crippen LogP) is 1.61. The Morgan fingerprint density at radius 1 is 1.60 bits per heavy atom. The fourth-order valence-corrected chi connectivity index (χ4v) is 1.53. The van der Waals surface area contributed by atoms with Crippen molar-refractivity contribution in [2.45, 2.75) is 29.4 Å². The van der Waals surface area contributed by atoms with Gasteiger partial charge >= 0.3 is 12.1 Å². The Morgan fingerprint density at radius 3 is 2.47 bits per heavy atom. The van der Waals surface area contributed by atoms with E-state index < -0.39 is 22.5 Å². The molecule has 1 unspecified atom stereocenters. The highest BCUT2D eigenvalue weighted by Gasteiger charge is 2.63. The van der Waals surface area contributed by atoms with E-state index in [0.29, 0.717) is 0 Å². The van der Waals surface area contributed by atoms with Gasteiger partial charge in [0, 0.05) is 6.54 Å². The van der Waals surface area contributed by atoms with E-state index in [1.807, 2.05) is 0 Å². The lowest BCUT2D eigenvalue weighted by Gasteiger charge is -2.21. The van der Waals surface area contributed by atoms with Gasteiger partial charge in [-0.25, -0.2) is 0 Å². The van der Waals surface area contributed by atoms with Crippen molar-refractivity contribution in [3.05, 3.63) is 0 Å². The molecule has 3 nitrogen and oxygen atoms in total. The molecule has 15 heavy (non-hydrogen) atoms. The number of carbonyl (C=O) groups excluding carboxylic acids is 1. The van der Waals surface area contributed by atoms with Gasteiger partial charge in [-0.3, -0.25) is 4.79 Å². The molecule has 1 rings (SSSR count). The van der Waals surface area contributed by atoms with Gasteiger partial charge in [0.1, 0.15) is 10.4 Å². The molecular weight excluding hydrogens is 279 g/mol. The van der Waals surface area contributed by atoms with Crippen LogP contribution in [0, 0.1) is 0 Å². The quantitative estimate of drug-likeness (QED) is 0.631. The topological polar surface area (TPSA) is 38.3 Å². The van der Waals surface area contributed by atoms with Gasteiger partial charge in [-0.2, -0.15) is 13.2 Å². The van der Waals surface area contributed by atoms with Crippen LogP contribution < -0.4 is 5.32 Å².